The summed E-state index contributed by atoms with van der Waals surface area (Å²) in [6.07, 6.45) is 0.748. The average Bonchev–Trinajstić information content (AvgIpc) is 2.89. The third kappa shape index (κ3) is 2.06. The summed E-state index contributed by atoms with van der Waals surface area (Å²) in [5.41, 5.74) is -1.88. The largest absolute Gasteiger partial charge is 0.273 e. The Hall–Kier alpha value is -1.49. The lowest BCUT2D eigenvalue weighted by Crippen LogP contribution is -2.46. The number of carbonyl (C=O) groups is 1. The maximum absolute atomic E-state index is 14.5. The highest BCUT2D eigenvalue weighted by atomic mass is 19.1. The van der Waals surface area contributed by atoms with Crippen LogP contribution in [0.4, 0.5) is 8.78 Å². The second kappa shape index (κ2) is 4.50. The van der Waals surface area contributed by atoms with Gasteiger partial charge in [-0.3, -0.25) is 9.80 Å². The summed E-state index contributed by atoms with van der Waals surface area (Å²) in [6.45, 7) is 5.65. The molecule has 0 spiro atoms. The maximum Gasteiger partial charge on any atom is 0.247 e. The zero-order valence-corrected chi connectivity index (χ0v) is 12.6. The summed E-state index contributed by atoms with van der Waals surface area (Å²) in [6, 6.07) is 6.11. The number of benzene rings is 1. The lowest BCUT2D eigenvalue weighted by molar-refractivity contribution is -0.147. The summed E-state index contributed by atoms with van der Waals surface area (Å²) >= 11 is 0. The first-order valence-corrected chi connectivity index (χ1v) is 7.27. The van der Waals surface area contributed by atoms with E-state index in [2.05, 4.69) is 0 Å². The Morgan fingerprint density at radius 2 is 2.10 bits per heavy atom. The van der Waals surface area contributed by atoms with Gasteiger partial charge in [-0.15, -0.1) is 0 Å². The van der Waals surface area contributed by atoms with Crippen LogP contribution in [0.1, 0.15) is 38.8 Å². The molecule has 0 N–H and O–H groups in total. The first-order chi connectivity index (χ1) is 9.74. The highest BCUT2D eigenvalue weighted by Gasteiger charge is 2.59. The van der Waals surface area contributed by atoms with Crippen molar-refractivity contribution in [3.05, 3.63) is 35.6 Å². The number of halogens is 2. The van der Waals surface area contributed by atoms with E-state index in [4.69, 9.17) is 0 Å². The van der Waals surface area contributed by atoms with Gasteiger partial charge in [-0.2, -0.15) is 0 Å². The second-order valence-electron chi connectivity index (χ2n) is 6.70. The van der Waals surface area contributed by atoms with E-state index in [0.717, 1.165) is 12.0 Å². The van der Waals surface area contributed by atoms with Gasteiger partial charge in [-0.25, -0.2) is 13.8 Å². The van der Waals surface area contributed by atoms with Gasteiger partial charge in [0.15, 0.2) is 0 Å². The molecule has 3 rings (SSSR count). The van der Waals surface area contributed by atoms with Crippen molar-refractivity contribution in [2.75, 3.05) is 13.1 Å². The van der Waals surface area contributed by atoms with Gasteiger partial charge in [0.2, 0.25) is 5.91 Å². The molecule has 2 aliphatic heterocycles. The SMILES string of the molecule is CC(C)(F)[C@@]1(C)CN2CC[C@H](c3cccc(F)c3)N2C1=O. The number of fused-ring (bicyclic) bond motifs is 1. The van der Waals surface area contributed by atoms with E-state index in [0.29, 0.717) is 13.1 Å². The van der Waals surface area contributed by atoms with Crippen molar-refractivity contribution >= 4 is 5.91 Å². The smallest absolute Gasteiger partial charge is 0.247 e. The summed E-state index contributed by atoms with van der Waals surface area (Å²) in [5.74, 6) is -0.520. The van der Waals surface area contributed by atoms with Crippen LogP contribution < -0.4 is 0 Å². The van der Waals surface area contributed by atoms with Gasteiger partial charge in [-0.05, 0) is 44.9 Å². The quantitative estimate of drug-likeness (QED) is 0.837. The highest BCUT2D eigenvalue weighted by Crippen LogP contribution is 2.48. The van der Waals surface area contributed by atoms with Crippen LogP contribution in [0.2, 0.25) is 0 Å². The fourth-order valence-electron chi connectivity index (χ4n) is 3.27. The first-order valence-electron chi connectivity index (χ1n) is 7.27. The molecule has 0 radical (unpaired) electrons. The van der Waals surface area contributed by atoms with Crippen LogP contribution in [0.5, 0.6) is 0 Å². The Bertz CT molecular complexity index is 584. The Kier molecular flexibility index (Phi) is 3.10. The molecular formula is C16H20F2N2O. The standard InChI is InChI=1S/C16H20F2N2O/c1-15(2,18)16(3)10-19-8-7-13(20(19)14(16)21)11-5-4-6-12(17)9-11/h4-6,9,13H,7-8,10H2,1-3H3/t13-,16+/m1/s1. The minimum absolute atomic E-state index is 0.197. The van der Waals surface area contributed by atoms with E-state index in [1.54, 1.807) is 18.0 Å². The maximum atomic E-state index is 14.5. The van der Waals surface area contributed by atoms with Gasteiger partial charge in [0.25, 0.3) is 0 Å². The van der Waals surface area contributed by atoms with Crippen molar-refractivity contribution in [1.82, 2.24) is 10.0 Å². The minimum atomic E-state index is -1.60. The van der Waals surface area contributed by atoms with E-state index >= 15 is 0 Å². The average molecular weight is 294 g/mol. The van der Waals surface area contributed by atoms with Crippen LogP contribution in [-0.4, -0.2) is 34.7 Å². The molecule has 0 bridgehead atoms. The van der Waals surface area contributed by atoms with Gasteiger partial charge in [0, 0.05) is 13.1 Å². The predicted molar refractivity (Wildman–Crippen MR) is 75.5 cm³/mol. The minimum Gasteiger partial charge on any atom is -0.273 e. The van der Waals surface area contributed by atoms with Crippen molar-refractivity contribution in [3.63, 3.8) is 0 Å². The number of hydrogen-bond donors (Lipinski definition) is 0. The monoisotopic (exact) mass is 294 g/mol. The second-order valence-corrected chi connectivity index (χ2v) is 6.70. The van der Waals surface area contributed by atoms with Crippen molar-refractivity contribution < 1.29 is 13.6 Å². The van der Waals surface area contributed by atoms with Crippen molar-refractivity contribution in [3.8, 4) is 0 Å². The summed E-state index contributed by atoms with van der Waals surface area (Å²) in [7, 11) is 0. The number of amides is 1. The Balaban J connectivity index is 1.95. The van der Waals surface area contributed by atoms with Gasteiger partial charge in [0.05, 0.1) is 11.5 Å². The molecule has 2 fully saturated rings. The molecule has 0 aromatic heterocycles. The lowest BCUT2D eigenvalue weighted by Gasteiger charge is -2.33. The Morgan fingerprint density at radius 1 is 1.38 bits per heavy atom. The molecule has 2 aliphatic rings. The van der Waals surface area contributed by atoms with E-state index in [1.165, 1.54) is 26.0 Å². The van der Waals surface area contributed by atoms with Crippen molar-refractivity contribution in [1.29, 1.82) is 0 Å². The van der Waals surface area contributed by atoms with Crippen LogP contribution in [0.25, 0.3) is 0 Å². The Labute approximate surface area is 123 Å². The molecule has 2 heterocycles. The molecule has 2 atom stereocenters. The third-order valence-electron chi connectivity index (χ3n) is 4.98. The number of nitrogens with zero attached hydrogens (tertiary/aromatic N) is 2. The summed E-state index contributed by atoms with van der Waals surface area (Å²) < 4.78 is 27.9. The molecule has 0 saturated carbocycles. The molecule has 1 amide bonds. The zero-order valence-electron chi connectivity index (χ0n) is 12.6. The third-order valence-corrected chi connectivity index (χ3v) is 4.98. The number of carbonyl (C=O) groups excluding carboxylic acids is 1. The van der Waals surface area contributed by atoms with Gasteiger partial charge >= 0.3 is 0 Å². The normalized spacial score (nSPS) is 30.0. The summed E-state index contributed by atoms with van der Waals surface area (Å²) in [4.78, 5) is 12.8. The molecular weight excluding hydrogens is 274 g/mol. The van der Waals surface area contributed by atoms with Crippen molar-refractivity contribution in [2.45, 2.75) is 38.9 Å². The number of hydrazine groups is 1. The molecule has 0 unspecified atom stereocenters. The molecule has 114 valence electrons. The predicted octanol–water partition coefficient (Wildman–Crippen LogP) is 3.08. The topological polar surface area (TPSA) is 23.6 Å². The molecule has 21 heavy (non-hydrogen) atoms. The molecule has 0 aliphatic carbocycles. The fourth-order valence-corrected chi connectivity index (χ4v) is 3.27. The zero-order chi connectivity index (χ0) is 15.4. The van der Waals surface area contributed by atoms with Gasteiger partial charge in [-0.1, -0.05) is 12.1 Å². The van der Waals surface area contributed by atoms with Crippen LogP contribution in [-0.2, 0) is 4.79 Å². The molecule has 1 aromatic rings. The highest BCUT2D eigenvalue weighted by molar-refractivity contribution is 5.86. The number of hydrogen-bond acceptors (Lipinski definition) is 2. The van der Waals surface area contributed by atoms with Crippen molar-refractivity contribution in [2.24, 2.45) is 5.41 Å². The fraction of sp³-hybridized carbons (Fsp3) is 0.562. The molecule has 5 heteroatoms. The van der Waals surface area contributed by atoms with Crippen LogP contribution in [0.15, 0.2) is 24.3 Å². The van der Waals surface area contributed by atoms with E-state index in [-0.39, 0.29) is 17.8 Å². The lowest BCUT2D eigenvalue weighted by atomic mass is 9.76. The molecule has 1 aromatic carbocycles. The molecule has 2 saturated heterocycles. The first kappa shape index (κ1) is 14.4. The van der Waals surface area contributed by atoms with Crippen LogP contribution in [0.3, 0.4) is 0 Å². The van der Waals surface area contributed by atoms with E-state index in [9.17, 15) is 13.6 Å². The van der Waals surface area contributed by atoms with Crippen LogP contribution in [0, 0.1) is 11.2 Å². The van der Waals surface area contributed by atoms with E-state index in [1.807, 2.05) is 11.1 Å². The van der Waals surface area contributed by atoms with Gasteiger partial charge in [0.1, 0.15) is 11.5 Å². The molecule has 3 nitrogen and oxygen atoms in total. The number of alkyl halides is 1. The van der Waals surface area contributed by atoms with Crippen LogP contribution >= 0.6 is 0 Å². The Morgan fingerprint density at radius 3 is 2.71 bits per heavy atom. The number of rotatable bonds is 2. The van der Waals surface area contributed by atoms with Gasteiger partial charge < -0.3 is 0 Å². The summed E-state index contributed by atoms with van der Waals surface area (Å²) in [5, 5.41) is 3.54. The van der Waals surface area contributed by atoms with E-state index < -0.39 is 11.1 Å².